The number of rotatable bonds is 6. The average Bonchev–Trinajstić information content (AvgIpc) is 3.36. The molecule has 0 fully saturated rings. The minimum Gasteiger partial charge on any atom is -0.468 e. The molecule has 152 valence electrons. The topological polar surface area (TPSA) is 54.5 Å². The van der Waals surface area contributed by atoms with Gasteiger partial charge in [-0.15, -0.1) is 0 Å². The quantitative estimate of drug-likeness (QED) is 0.646. The first-order chi connectivity index (χ1) is 14.0. The summed E-state index contributed by atoms with van der Waals surface area (Å²) in [6.45, 7) is 1.46. The van der Waals surface area contributed by atoms with Gasteiger partial charge >= 0.3 is 0 Å². The second kappa shape index (κ2) is 8.25. The summed E-state index contributed by atoms with van der Waals surface area (Å²) in [5, 5.41) is 4.77. The molecule has 0 spiro atoms. The molecule has 0 aliphatic heterocycles. The SMILES string of the molecule is CN(C)C(=O)c1nn(Cc2ccccc2)c2c1C[C@H](N(C)Cc1ccco1)CC2. The third-order valence-corrected chi connectivity index (χ3v) is 5.71. The van der Waals surface area contributed by atoms with Crippen molar-refractivity contribution in [3.8, 4) is 0 Å². The molecule has 2 aromatic heterocycles. The summed E-state index contributed by atoms with van der Waals surface area (Å²) >= 11 is 0. The minimum atomic E-state index is -0.0256. The van der Waals surface area contributed by atoms with Crippen LogP contribution >= 0.6 is 0 Å². The molecule has 4 rings (SSSR count). The Morgan fingerprint density at radius 1 is 1.17 bits per heavy atom. The van der Waals surface area contributed by atoms with E-state index in [1.807, 2.05) is 35.0 Å². The number of carbonyl (C=O) groups is 1. The molecule has 6 nitrogen and oxygen atoms in total. The second-order valence-electron chi connectivity index (χ2n) is 8.01. The first kappa shape index (κ1) is 19.5. The van der Waals surface area contributed by atoms with Gasteiger partial charge in [-0.2, -0.15) is 5.10 Å². The molecule has 1 aliphatic rings. The Labute approximate surface area is 171 Å². The molecular weight excluding hydrogens is 364 g/mol. The van der Waals surface area contributed by atoms with Crippen molar-refractivity contribution in [3.05, 3.63) is 77.0 Å². The molecule has 1 amide bonds. The standard InChI is InChI=1S/C23H28N4O2/c1-25(2)23(28)22-20-14-18(26(3)16-19-10-7-13-29-19)11-12-21(20)27(24-22)15-17-8-5-4-6-9-17/h4-10,13,18H,11-12,14-16H2,1-3H3/t18-/m1/s1. The minimum absolute atomic E-state index is 0.0256. The van der Waals surface area contributed by atoms with Crippen LogP contribution in [0.2, 0.25) is 0 Å². The van der Waals surface area contributed by atoms with Gasteiger partial charge in [0.1, 0.15) is 5.76 Å². The maximum absolute atomic E-state index is 12.8. The van der Waals surface area contributed by atoms with E-state index in [2.05, 4.69) is 24.1 Å². The highest BCUT2D eigenvalue weighted by Gasteiger charge is 2.31. The number of benzene rings is 1. The van der Waals surface area contributed by atoms with E-state index in [9.17, 15) is 4.79 Å². The summed E-state index contributed by atoms with van der Waals surface area (Å²) in [5.41, 5.74) is 4.08. The van der Waals surface area contributed by atoms with Gasteiger partial charge in [0.05, 0.1) is 19.4 Å². The van der Waals surface area contributed by atoms with Crippen molar-refractivity contribution >= 4 is 5.91 Å². The highest BCUT2D eigenvalue weighted by atomic mass is 16.3. The van der Waals surface area contributed by atoms with Crippen molar-refractivity contribution < 1.29 is 9.21 Å². The fourth-order valence-electron chi connectivity index (χ4n) is 4.09. The van der Waals surface area contributed by atoms with E-state index in [-0.39, 0.29) is 5.91 Å². The molecular formula is C23H28N4O2. The number of hydrogen-bond acceptors (Lipinski definition) is 4. The van der Waals surface area contributed by atoms with E-state index in [1.165, 1.54) is 11.3 Å². The number of fused-ring (bicyclic) bond motifs is 1. The van der Waals surface area contributed by atoms with Crippen molar-refractivity contribution in [1.29, 1.82) is 0 Å². The molecule has 0 unspecified atom stereocenters. The van der Waals surface area contributed by atoms with Crippen LogP contribution in [0.15, 0.2) is 53.1 Å². The van der Waals surface area contributed by atoms with E-state index >= 15 is 0 Å². The van der Waals surface area contributed by atoms with Crippen LogP contribution in [0.4, 0.5) is 0 Å². The number of hydrogen-bond donors (Lipinski definition) is 0. The van der Waals surface area contributed by atoms with Gasteiger partial charge < -0.3 is 9.32 Å². The normalized spacial score (nSPS) is 16.1. The second-order valence-corrected chi connectivity index (χ2v) is 8.01. The molecule has 3 aromatic rings. The van der Waals surface area contributed by atoms with Crippen molar-refractivity contribution in [2.24, 2.45) is 0 Å². The van der Waals surface area contributed by atoms with Crippen molar-refractivity contribution in [3.63, 3.8) is 0 Å². The summed E-state index contributed by atoms with van der Waals surface area (Å²) < 4.78 is 7.54. The van der Waals surface area contributed by atoms with Gasteiger partial charge in [0.15, 0.2) is 5.69 Å². The maximum Gasteiger partial charge on any atom is 0.274 e. The van der Waals surface area contributed by atoms with Crippen LogP contribution in [0.3, 0.4) is 0 Å². The number of likely N-dealkylation sites (N-methyl/N-ethyl adjacent to an activating group) is 1. The largest absolute Gasteiger partial charge is 0.468 e. The summed E-state index contributed by atoms with van der Waals surface area (Å²) in [5.74, 6) is 0.935. The summed E-state index contributed by atoms with van der Waals surface area (Å²) in [6.07, 6.45) is 4.50. The van der Waals surface area contributed by atoms with Gasteiger partial charge in [-0.3, -0.25) is 14.4 Å². The highest BCUT2D eigenvalue weighted by Crippen LogP contribution is 2.29. The summed E-state index contributed by atoms with van der Waals surface area (Å²) in [6, 6.07) is 14.6. The van der Waals surface area contributed by atoms with Gasteiger partial charge in [-0.1, -0.05) is 30.3 Å². The van der Waals surface area contributed by atoms with Crippen LogP contribution in [0.1, 0.15) is 39.5 Å². The van der Waals surface area contributed by atoms with Gasteiger partial charge in [0, 0.05) is 31.4 Å². The summed E-state index contributed by atoms with van der Waals surface area (Å²) in [7, 11) is 5.70. The molecule has 1 aliphatic carbocycles. The van der Waals surface area contributed by atoms with Gasteiger partial charge in [-0.05, 0) is 44.0 Å². The monoisotopic (exact) mass is 392 g/mol. The van der Waals surface area contributed by atoms with Crippen LogP contribution < -0.4 is 0 Å². The predicted molar refractivity (Wildman–Crippen MR) is 112 cm³/mol. The van der Waals surface area contributed by atoms with E-state index in [0.29, 0.717) is 18.3 Å². The van der Waals surface area contributed by atoms with E-state index in [4.69, 9.17) is 9.52 Å². The zero-order valence-corrected chi connectivity index (χ0v) is 17.3. The van der Waals surface area contributed by atoms with E-state index < -0.39 is 0 Å². The van der Waals surface area contributed by atoms with Crippen LogP contribution in [0, 0.1) is 0 Å². The van der Waals surface area contributed by atoms with Crippen molar-refractivity contribution in [1.82, 2.24) is 19.6 Å². The molecule has 1 aromatic carbocycles. The van der Waals surface area contributed by atoms with E-state index in [0.717, 1.165) is 37.1 Å². The zero-order valence-electron chi connectivity index (χ0n) is 17.3. The third kappa shape index (κ3) is 4.12. The fraction of sp³-hybridized carbons (Fsp3) is 0.391. The van der Waals surface area contributed by atoms with Crippen LogP contribution in [0.25, 0.3) is 0 Å². The van der Waals surface area contributed by atoms with Crippen LogP contribution in [0.5, 0.6) is 0 Å². The molecule has 0 bridgehead atoms. The first-order valence-corrected chi connectivity index (χ1v) is 10.1. The Morgan fingerprint density at radius 2 is 1.97 bits per heavy atom. The third-order valence-electron chi connectivity index (χ3n) is 5.71. The Morgan fingerprint density at radius 3 is 2.66 bits per heavy atom. The molecule has 29 heavy (non-hydrogen) atoms. The van der Waals surface area contributed by atoms with Crippen molar-refractivity contribution in [2.45, 2.75) is 38.4 Å². The van der Waals surface area contributed by atoms with Crippen molar-refractivity contribution in [2.75, 3.05) is 21.1 Å². The molecule has 6 heteroatoms. The van der Waals surface area contributed by atoms with Gasteiger partial charge in [0.2, 0.25) is 0 Å². The Bertz CT molecular complexity index is 960. The molecule has 1 atom stereocenters. The van der Waals surface area contributed by atoms with E-state index in [1.54, 1.807) is 25.3 Å². The predicted octanol–water partition coefficient (Wildman–Crippen LogP) is 3.22. The number of carbonyl (C=O) groups excluding carboxylic acids is 1. The number of aromatic nitrogens is 2. The molecule has 2 heterocycles. The lowest BCUT2D eigenvalue weighted by molar-refractivity contribution is 0.0819. The number of nitrogens with zero attached hydrogens (tertiary/aromatic N) is 4. The molecule has 0 N–H and O–H groups in total. The van der Waals surface area contributed by atoms with Crippen LogP contribution in [-0.2, 0) is 25.9 Å². The molecule has 0 saturated heterocycles. The molecule has 0 saturated carbocycles. The Hall–Kier alpha value is -2.86. The maximum atomic E-state index is 12.8. The number of furan rings is 1. The fourth-order valence-corrected chi connectivity index (χ4v) is 4.09. The zero-order chi connectivity index (χ0) is 20.4. The Balaban J connectivity index is 1.61. The lowest BCUT2D eigenvalue weighted by Crippen LogP contribution is -2.37. The number of amides is 1. The Kier molecular flexibility index (Phi) is 5.53. The van der Waals surface area contributed by atoms with Gasteiger partial charge in [-0.25, -0.2) is 0 Å². The summed E-state index contributed by atoms with van der Waals surface area (Å²) in [4.78, 5) is 16.8. The average molecular weight is 393 g/mol. The van der Waals surface area contributed by atoms with Gasteiger partial charge in [0.25, 0.3) is 5.91 Å². The molecule has 0 radical (unpaired) electrons. The first-order valence-electron chi connectivity index (χ1n) is 10.1. The van der Waals surface area contributed by atoms with Crippen LogP contribution in [-0.4, -0.2) is 52.7 Å². The lowest BCUT2D eigenvalue weighted by atomic mass is 9.90. The smallest absolute Gasteiger partial charge is 0.274 e. The highest BCUT2D eigenvalue weighted by molar-refractivity contribution is 5.93. The lowest BCUT2D eigenvalue weighted by Gasteiger charge is -2.31.